The summed E-state index contributed by atoms with van der Waals surface area (Å²) in [4.78, 5) is 11.4. The quantitative estimate of drug-likeness (QED) is 0.360. The topological polar surface area (TPSA) is 116 Å². The fourth-order valence-corrected chi connectivity index (χ4v) is 1.84. The summed E-state index contributed by atoms with van der Waals surface area (Å²) in [6.45, 7) is 1.75. The number of carbonyl (C=O) groups excluding carboxylic acids is 1. The maximum absolute atomic E-state index is 11.4. The van der Waals surface area contributed by atoms with Crippen molar-refractivity contribution in [3.63, 3.8) is 0 Å². The minimum atomic E-state index is -1.61. The van der Waals surface area contributed by atoms with Crippen molar-refractivity contribution < 1.29 is 34.7 Å². The lowest BCUT2D eigenvalue weighted by Crippen LogP contribution is -2.58. The molecule has 1 saturated heterocycles. The van der Waals surface area contributed by atoms with Crippen LogP contribution in [0.15, 0.2) is 0 Å². The van der Waals surface area contributed by atoms with Crippen molar-refractivity contribution in [1.29, 1.82) is 0 Å². The van der Waals surface area contributed by atoms with E-state index < -0.39 is 36.7 Å². The summed E-state index contributed by atoms with van der Waals surface area (Å²) < 4.78 is 9.78. The molecule has 0 amide bonds. The fraction of sp³-hybridized carbons (Fsp3) is 0.917. The molecule has 0 spiro atoms. The number of unbranched alkanes of at least 4 members (excludes halogenated alkanes) is 2. The second-order valence-electron chi connectivity index (χ2n) is 4.68. The Morgan fingerprint density at radius 1 is 1.11 bits per heavy atom. The third-order valence-corrected chi connectivity index (χ3v) is 3.08. The van der Waals surface area contributed by atoms with Gasteiger partial charge in [-0.25, -0.2) is 0 Å². The molecule has 0 aromatic rings. The zero-order valence-electron chi connectivity index (χ0n) is 10.9. The van der Waals surface area contributed by atoms with Crippen LogP contribution in [0.1, 0.15) is 32.6 Å². The Bertz CT molecular complexity index is 283. The van der Waals surface area contributed by atoms with Crippen LogP contribution in [0.4, 0.5) is 0 Å². The molecular weight excluding hydrogens is 256 g/mol. The lowest BCUT2D eigenvalue weighted by Gasteiger charge is -2.37. The molecule has 0 unspecified atom stereocenters. The molecule has 0 aromatic heterocycles. The number of esters is 1. The van der Waals surface area contributed by atoms with E-state index in [0.29, 0.717) is 0 Å². The zero-order valence-corrected chi connectivity index (χ0v) is 10.9. The zero-order chi connectivity index (χ0) is 14.4. The van der Waals surface area contributed by atoms with Gasteiger partial charge in [-0.1, -0.05) is 19.8 Å². The number of aliphatic hydroxyl groups is 4. The van der Waals surface area contributed by atoms with Crippen LogP contribution in [0.3, 0.4) is 0 Å². The van der Waals surface area contributed by atoms with Crippen LogP contribution in [0.5, 0.6) is 0 Å². The van der Waals surface area contributed by atoms with Gasteiger partial charge in [-0.05, 0) is 6.42 Å². The van der Waals surface area contributed by atoms with Gasteiger partial charge in [0.25, 0.3) is 0 Å². The van der Waals surface area contributed by atoms with Crippen LogP contribution in [0, 0.1) is 0 Å². The van der Waals surface area contributed by atoms with E-state index >= 15 is 0 Å². The third-order valence-electron chi connectivity index (χ3n) is 3.08. The molecule has 0 bridgehead atoms. The number of rotatable bonds is 6. The molecule has 1 heterocycles. The Morgan fingerprint density at radius 2 is 1.79 bits per heavy atom. The number of carbonyl (C=O) groups is 1. The Kier molecular flexibility index (Phi) is 6.67. The largest absolute Gasteiger partial charge is 0.463 e. The summed E-state index contributed by atoms with van der Waals surface area (Å²) in [5, 5.41) is 37.6. The molecule has 1 fully saturated rings. The Labute approximate surface area is 111 Å². The normalized spacial score (nSPS) is 35.1. The van der Waals surface area contributed by atoms with Crippen molar-refractivity contribution in [3.05, 3.63) is 0 Å². The van der Waals surface area contributed by atoms with E-state index in [1.165, 1.54) is 0 Å². The van der Waals surface area contributed by atoms with E-state index in [1.807, 2.05) is 6.92 Å². The maximum atomic E-state index is 11.4. The number of hydrogen-bond acceptors (Lipinski definition) is 7. The van der Waals surface area contributed by atoms with Crippen LogP contribution < -0.4 is 0 Å². The van der Waals surface area contributed by atoms with Crippen molar-refractivity contribution in [2.45, 2.75) is 63.3 Å². The summed E-state index contributed by atoms with van der Waals surface area (Å²) in [7, 11) is 0. The summed E-state index contributed by atoms with van der Waals surface area (Å²) in [5.74, 6) is -0.417. The standard InChI is InChI=1S/C12H22O7/c1-2-3-4-5-8(13)18-6-7-9(14)10(15)11(16)12(17)19-7/h7,9-12,14-17H,2-6H2,1H3/t7-,9+,10+,11-,12+/m1/s1. The highest BCUT2D eigenvalue weighted by molar-refractivity contribution is 5.69. The van der Waals surface area contributed by atoms with E-state index in [2.05, 4.69) is 0 Å². The second-order valence-corrected chi connectivity index (χ2v) is 4.68. The molecule has 5 atom stereocenters. The van der Waals surface area contributed by atoms with E-state index in [0.717, 1.165) is 19.3 Å². The molecule has 1 aliphatic rings. The van der Waals surface area contributed by atoms with Crippen LogP contribution in [0.25, 0.3) is 0 Å². The Morgan fingerprint density at radius 3 is 2.42 bits per heavy atom. The van der Waals surface area contributed by atoms with E-state index in [9.17, 15) is 25.2 Å². The molecule has 0 saturated carbocycles. The molecule has 7 heteroatoms. The van der Waals surface area contributed by atoms with Crippen molar-refractivity contribution in [2.75, 3.05) is 6.61 Å². The van der Waals surface area contributed by atoms with Gasteiger partial charge in [0, 0.05) is 6.42 Å². The summed E-state index contributed by atoms with van der Waals surface area (Å²) in [6, 6.07) is 0. The van der Waals surface area contributed by atoms with Gasteiger partial charge < -0.3 is 29.9 Å². The lowest BCUT2D eigenvalue weighted by molar-refractivity contribution is -0.287. The number of aliphatic hydroxyl groups excluding tert-OH is 4. The average molecular weight is 278 g/mol. The molecule has 4 N–H and O–H groups in total. The van der Waals surface area contributed by atoms with Gasteiger partial charge in [-0.2, -0.15) is 0 Å². The minimum absolute atomic E-state index is 0.271. The lowest BCUT2D eigenvalue weighted by atomic mass is 9.99. The first-order valence-corrected chi connectivity index (χ1v) is 6.50. The molecule has 0 aromatic carbocycles. The predicted molar refractivity (Wildman–Crippen MR) is 64.0 cm³/mol. The van der Waals surface area contributed by atoms with Gasteiger partial charge in [0.15, 0.2) is 6.29 Å². The highest BCUT2D eigenvalue weighted by Gasteiger charge is 2.43. The average Bonchev–Trinajstić information content (AvgIpc) is 2.39. The van der Waals surface area contributed by atoms with Crippen molar-refractivity contribution in [3.8, 4) is 0 Å². The molecule has 0 radical (unpaired) electrons. The van der Waals surface area contributed by atoms with E-state index in [4.69, 9.17) is 9.47 Å². The van der Waals surface area contributed by atoms with Crippen molar-refractivity contribution in [1.82, 2.24) is 0 Å². The van der Waals surface area contributed by atoms with Crippen LogP contribution in [-0.4, -0.2) is 63.7 Å². The van der Waals surface area contributed by atoms with Gasteiger partial charge in [-0.3, -0.25) is 4.79 Å². The number of ether oxygens (including phenoxy) is 2. The molecule has 7 nitrogen and oxygen atoms in total. The summed E-state index contributed by atoms with van der Waals surface area (Å²) in [5.41, 5.74) is 0. The first-order chi connectivity index (χ1) is 8.97. The van der Waals surface area contributed by atoms with Gasteiger partial charge in [0.1, 0.15) is 31.0 Å². The first-order valence-electron chi connectivity index (χ1n) is 6.50. The monoisotopic (exact) mass is 278 g/mol. The summed E-state index contributed by atoms with van der Waals surface area (Å²) >= 11 is 0. The highest BCUT2D eigenvalue weighted by atomic mass is 16.6. The van der Waals surface area contributed by atoms with Gasteiger partial charge in [-0.15, -0.1) is 0 Å². The van der Waals surface area contributed by atoms with Crippen LogP contribution >= 0.6 is 0 Å². The third kappa shape index (κ3) is 4.70. The molecule has 0 aliphatic carbocycles. The van der Waals surface area contributed by atoms with Gasteiger partial charge in [0.05, 0.1) is 0 Å². The fourth-order valence-electron chi connectivity index (χ4n) is 1.84. The number of hydrogen-bond donors (Lipinski definition) is 4. The Balaban J connectivity index is 2.34. The summed E-state index contributed by atoms with van der Waals surface area (Å²) in [6.07, 6.45) is -4.25. The van der Waals surface area contributed by atoms with E-state index in [1.54, 1.807) is 0 Å². The molecular formula is C12H22O7. The predicted octanol–water partition coefficient (Wildman–Crippen LogP) is -1.09. The SMILES string of the molecule is CCCCCC(=O)OC[C@H]1O[C@H](O)[C@H](O)[C@@H](O)[C@H]1O. The molecule has 19 heavy (non-hydrogen) atoms. The van der Waals surface area contributed by atoms with Crippen LogP contribution in [-0.2, 0) is 14.3 Å². The second kappa shape index (κ2) is 7.76. The first kappa shape index (κ1) is 16.3. The molecule has 1 rings (SSSR count). The van der Waals surface area contributed by atoms with Gasteiger partial charge in [0.2, 0.25) is 0 Å². The van der Waals surface area contributed by atoms with Crippen molar-refractivity contribution in [2.24, 2.45) is 0 Å². The van der Waals surface area contributed by atoms with Crippen LogP contribution in [0.2, 0.25) is 0 Å². The molecule has 1 aliphatic heterocycles. The smallest absolute Gasteiger partial charge is 0.305 e. The maximum Gasteiger partial charge on any atom is 0.305 e. The minimum Gasteiger partial charge on any atom is -0.463 e. The molecule has 112 valence electrons. The Hall–Kier alpha value is -0.730. The van der Waals surface area contributed by atoms with E-state index in [-0.39, 0.29) is 13.0 Å². The van der Waals surface area contributed by atoms with Gasteiger partial charge >= 0.3 is 5.97 Å². The highest BCUT2D eigenvalue weighted by Crippen LogP contribution is 2.20. The van der Waals surface area contributed by atoms with Crippen molar-refractivity contribution >= 4 is 5.97 Å².